The van der Waals surface area contributed by atoms with E-state index in [1.54, 1.807) is 0 Å². The zero-order valence-electron chi connectivity index (χ0n) is 16.7. The molecule has 9 nitrogen and oxygen atoms in total. The maximum absolute atomic E-state index is 11.7. The van der Waals surface area contributed by atoms with Crippen LogP contribution in [0.1, 0.15) is 38.1 Å². The van der Waals surface area contributed by atoms with Gasteiger partial charge in [0.2, 0.25) is 0 Å². The minimum absolute atomic E-state index is 0.0512. The number of amides is 2. The maximum Gasteiger partial charge on any atom is 0.315 e. The lowest BCUT2D eigenvalue weighted by Gasteiger charge is -2.33. The summed E-state index contributed by atoms with van der Waals surface area (Å²) < 4.78 is 16.8. The zero-order chi connectivity index (χ0) is 19.9. The number of aliphatic hydroxyl groups excluding tert-OH is 1. The number of urea groups is 1. The minimum Gasteiger partial charge on any atom is -0.390 e. The number of aromatic nitrogens is 1. The second-order valence-electron chi connectivity index (χ2n) is 7.83. The summed E-state index contributed by atoms with van der Waals surface area (Å²) >= 11 is 0. The molecule has 3 heterocycles. The average molecular weight is 396 g/mol. The summed E-state index contributed by atoms with van der Waals surface area (Å²) in [5.41, 5.74) is 0.855. The number of aliphatic hydroxyl groups is 1. The highest BCUT2D eigenvalue weighted by Gasteiger charge is 2.31. The Morgan fingerprint density at radius 2 is 2.14 bits per heavy atom. The molecule has 0 unspecified atom stereocenters. The van der Waals surface area contributed by atoms with Crippen molar-refractivity contribution in [1.82, 2.24) is 20.7 Å². The number of hydrogen-bond acceptors (Lipinski definition) is 7. The fourth-order valence-electron chi connectivity index (χ4n) is 3.53. The summed E-state index contributed by atoms with van der Waals surface area (Å²) in [7, 11) is 0. The van der Waals surface area contributed by atoms with Crippen molar-refractivity contribution >= 4 is 6.03 Å². The third-order valence-electron chi connectivity index (χ3n) is 4.99. The van der Waals surface area contributed by atoms with Crippen LogP contribution in [-0.4, -0.2) is 78.4 Å². The van der Waals surface area contributed by atoms with Gasteiger partial charge in [0.05, 0.1) is 37.7 Å². The fourth-order valence-corrected chi connectivity index (χ4v) is 3.53. The lowest BCUT2D eigenvalue weighted by atomic mass is 9.98. The SMILES string of the molecule is CC(C)NC(=O)NC[C@H]1O[C@H](Cc2cc(CN3CCOCC3)on2)CC[C@@H]1O. The van der Waals surface area contributed by atoms with Crippen molar-refractivity contribution in [2.75, 3.05) is 32.8 Å². The Hall–Kier alpha value is -1.68. The van der Waals surface area contributed by atoms with Crippen LogP contribution in [-0.2, 0) is 22.4 Å². The Labute approximate surface area is 165 Å². The monoisotopic (exact) mass is 396 g/mol. The second kappa shape index (κ2) is 10.2. The van der Waals surface area contributed by atoms with Crippen LogP contribution in [0.15, 0.2) is 10.6 Å². The number of nitrogens with zero attached hydrogens (tertiary/aromatic N) is 2. The summed E-state index contributed by atoms with van der Waals surface area (Å²) in [6.07, 6.45) is 0.975. The molecule has 3 atom stereocenters. The van der Waals surface area contributed by atoms with Crippen LogP contribution in [0.5, 0.6) is 0 Å². The number of hydrogen-bond donors (Lipinski definition) is 3. The topological polar surface area (TPSA) is 109 Å². The highest BCUT2D eigenvalue weighted by Crippen LogP contribution is 2.22. The lowest BCUT2D eigenvalue weighted by Crippen LogP contribution is -2.49. The molecule has 28 heavy (non-hydrogen) atoms. The third kappa shape index (κ3) is 6.44. The molecule has 158 valence electrons. The van der Waals surface area contributed by atoms with E-state index in [-0.39, 0.29) is 24.7 Å². The van der Waals surface area contributed by atoms with E-state index < -0.39 is 12.2 Å². The summed E-state index contributed by atoms with van der Waals surface area (Å²) in [5, 5.41) is 19.9. The first kappa shape index (κ1) is 21.0. The van der Waals surface area contributed by atoms with E-state index in [4.69, 9.17) is 14.0 Å². The number of carbonyl (C=O) groups excluding carboxylic acids is 1. The summed E-state index contributed by atoms with van der Waals surface area (Å²) in [5.74, 6) is 0.844. The first-order chi connectivity index (χ1) is 13.5. The van der Waals surface area contributed by atoms with E-state index >= 15 is 0 Å². The quantitative estimate of drug-likeness (QED) is 0.621. The molecule has 2 saturated heterocycles. The first-order valence-electron chi connectivity index (χ1n) is 10.1. The molecule has 2 aliphatic heterocycles. The van der Waals surface area contributed by atoms with Crippen LogP contribution < -0.4 is 10.6 Å². The van der Waals surface area contributed by atoms with Crippen molar-refractivity contribution < 1.29 is 23.9 Å². The molecule has 0 bridgehead atoms. The Morgan fingerprint density at radius 3 is 2.89 bits per heavy atom. The molecule has 0 saturated carbocycles. The number of carbonyl (C=O) groups is 1. The molecule has 2 aliphatic rings. The van der Waals surface area contributed by atoms with Crippen LogP contribution in [0.4, 0.5) is 4.79 Å². The van der Waals surface area contributed by atoms with Crippen LogP contribution in [0, 0.1) is 0 Å². The zero-order valence-corrected chi connectivity index (χ0v) is 16.7. The number of morpholine rings is 1. The molecule has 0 aliphatic carbocycles. The summed E-state index contributed by atoms with van der Waals surface area (Å²) in [6, 6.07) is 1.79. The predicted octanol–water partition coefficient (Wildman–Crippen LogP) is 0.665. The number of ether oxygens (including phenoxy) is 2. The first-order valence-corrected chi connectivity index (χ1v) is 10.1. The van der Waals surface area contributed by atoms with Crippen molar-refractivity contribution in [3.8, 4) is 0 Å². The Morgan fingerprint density at radius 1 is 1.36 bits per heavy atom. The van der Waals surface area contributed by atoms with Gasteiger partial charge >= 0.3 is 6.03 Å². The summed E-state index contributed by atoms with van der Waals surface area (Å²) in [6.45, 7) is 8.11. The van der Waals surface area contributed by atoms with Gasteiger partial charge in [0.1, 0.15) is 6.10 Å². The molecule has 1 aromatic heterocycles. The van der Waals surface area contributed by atoms with Gasteiger partial charge in [0.15, 0.2) is 5.76 Å². The molecule has 0 radical (unpaired) electrons. The van der Waals surface area contributed by atoms with E-state index in [0.717, 1.165) is 50.7 Å². The predicted molar refractivity (Wildman–Crippen MR) is 102 cm³/mol. The molecule has 1 aromatic rings. The molecule has 2 amide bonds. The standard InChI is InChI=1S/C19H32N4O5/c1-13(2)21-19(25)20-11-18-17(24)4-3-15(27-18)9-14-10-16(28-22-14)12-23-5-7-26-8-6-23/h10,13,15,17-18,24H,3-9,11-12H2,1-2H3,(H2,20,21,25)/t15-,17-,18+/m0/s1. The largest absolute Gasteiger partial charge is 0.390 e. The molecule has 9 heteroatoms. The van der Waals surface area contributed by atoms with Crippen molar-refractivity contribution in [2.24, 2.45) is 0 Å². The van der Waals surface area contributed by atoms with Gasteiger partial charge in [-0.3, -0.25) is 4.90 Å². The molecule has 0 spiro atoms. The second-order valence-corrected chi connectivity index (χ2v) is 7.83. The third-order valence-corrected chi connectivity index (χ3v) is 4.99. The Kier molecular flexibility index (Phi) is 7.66. The van der Waals surface area contributed by atoms with Crippen LogP contribution >= 0.6 is 0 Å². The Balaban J connectivity index is 1.45. The van der Waals surface area contributed by atoms with E-state index in [2.05, 4.69) is 20.7 Å². The molecule has 0 aromatic carbocycles. The van der Waals surface area contributed by atoms with Crippen molar-refractivity contribution in [3.63, 3.8) is 0 Å². The van der Waals surface area contributed by atoms with E-state index in [1.807, 2.05) is 19.9 Å². The Bertz CT molecular complexity index is 617. The molecule has 2 fully saturated rings. The summed E-state index contributed by atoms with van der Waals surface area (Å²) in [4.78, 5) is 14.0. The van der Waals surface area contributed by atoms with Gasteiger partial charge in [0, 0.05) is 38.2 Å². The molecule has 3 N–H and O–H groups in total. The van der Waals surface area contributed by atoms with Crippen LogP contribution in [0.2, 0.25) is 0 Å². The fraction of sp³-hybridized carbons (Fsp3) is 0.789. The highest BCUT2D eigenvalue weighted by molar-refractivity contribution is 5.74. The molecular formula is C19H32N4O5. The van der Waals surface area contributed by atoms with Gasteiger partial charge in [-0.25, -0.2) is 4.79 Å². The van der Waals surface area contributed by atoms with Crippen molar-refractivity contribution in [2.45, 2.75) is 64.0 Å². The average Bonchev–Trinajstić information content (AvgIpc) is 3.09. The molecular weight excluding hydrogens is 364 g/mol. The van der Waals surface area contributed by atoms with Crippen molar-refractivity contribution in [1.29, 1.82) is 0 Å². The molecule has 3 rings (SSSR count). The van der Waals surface area contributed by atoms with E-state index in [1.165, 1.54) is 0 Å². The highest BCUT2D eigenvalue weighted by atomic mass is 16.5. The van der Waals surface area contributed by atoms with Crippen LogP contribution in [0.3, 0.4) is 0 Å². The number of nitrogens with one attached hydrogen (secondary N) is 2. The van der Waals surface area contributed by atoms with Gasteiger partial charge in [-0.15, -0.1) is 0 Å². The van der Waals surface area contributed by atoms with Gasteiger partial charge in [0.25, 0.3) is 0 Å². The van der Waals surface area contributed by atoms with Gasteiger partial charge in [-0.05, 0) is 26.7 Å². The van der Waals surface area contributed by atoms with E-state index in [9.17, 15) is 9.90 Å². The van der Waals surface area contributed by atoms with Gasteiger partial charge in [-0.1, -0.05) is 5.16 Å². The van der Waals surface area contributed by atoms with E-state index in [0.29, 0.717) is 12.8 Å². The minimum atomic E-state index is -0.579. The maximum atomic E-state index is 11.7. The normalized spacial score (nSPS) is 26.4. The van der Waals surface area contributed by atoms with Gasteiger partial charge in [-0.2, -0.15) is 0 Å². The van der Waals surface area contributed by atoms with Crippen LogP contribution in [0.25, 0.3) is 0 Å². The lowest BCUT2D eigenvalue weighted by molar-refractivity contribution is -0.113. The van der Waals surface area contributed by atoms with Gasteiger partial charge < -0.3 is 29.7 Å². The van der Waals surface area contributed by atoms with Crippen molar-refractivity contribution in [3.05, 3.63) is 17.5 Å². The number of rotatable bonds is 7. The smallest absolute Gasteiger partial charge is 0.315 e.